The molecule has 0 aliphatic carbocycles. The molecule has 2 atom stereocenters. The zero-order chi connectivity index (χ0) is 18.4. The van der Waals surface area contributed by atoms with Gasteiger partial charge in [0, 0.05) is 29.9 Å². The monoisotopic (exact) mass is 388 g/mol. The summed E-state index contributed by atoms with van der Waals surface area (Å²) in [5, 5.41) is 13.5. The molecule has 1 N–H and O–H groups in total. The van der Waals surface area contributed by atoms with Gasteiger partial charge >= 0.3 is 0 Å². The highest BCUT2D eigenvalue weighted by Crippen LogP contribution is 2.42. The molecule has 138 valence electrons. The molecular formula is C21H24O3S2. The quantitative estimate of drug-likeness (QED) is 0.608. The summed E-state index contributed by atoms with van der Waals surface area (Å²) in [6.45, 7) is 2.09. The highest BCUT2D eigenvalue weighted by Gasteiger charge is 2.42. The molecule has 3 nitrogen and oxygen atoms in total. The maximum absolute atomic E-state index is 12.6. The van der Waals surface area contributed by atoms with E-state index in [-0.39, 0.29) is 17.6 Å². The Kier molecular flexibility index (Phi) is 6.57. The smallest absolute Gasteiger partial charge is 0.206 e. The van der Waals surface area contributed by atoms with Crippen molar-refractivity contribution in [1.82, 2.24) is 0 Å². The number of aliphatic hydroxyl groups is 1. The number of unbranched alkanes of at least 4 members (excludes halogenated alkanes) is 1. The Balaban J connectivity index is 1.69. The molecule has 2 heterocycles. The second-order valence-corrected chi connectivity index (χ2v) is 8.62. The van der Waals surface area contributed by atoms with Crippen molar-refractivity contribution in [2.45, 2.75) is 37.0 Å². The highest BCUT2D eigenvalue weighted by atomic mass is 32.2. The minimum Gasteiger partial charge on any atom is -0.479 e. The van der Waals surface area contributed by atoms with E-state index >= 15 is 0 Å². The number of hydrogen-bond acceptors (Lipinski definition) is 5. The van der Waals surface area contributed by atoms with Gasteiger partial charge in [0.2, 0.25) is 5.78 Å². The summed E-state index contributed by atoms with van der Waals surface area (Å²) in [6, 6.07) is 11.8. The molecule has 0 saturated heterocycles. The number of hydrogen-bond donors (Lipinski definition) is 1. The van der Waals surface area contributed by atoms with Crippen LogP contribution in [0.4, 0.5) is 0 Å². The van der Waals surface area contributed by atoms with E-state index in [2.05, 4.69) is 16.8 Å². The van der Waals surface area contributed by atoms with Gasteiger partial charge in [-0.15, -0.1) is 0 Å². The van der Waals surface area contributed by atoms with Crippen molar-refractivity contribution in [2.24, 2.45) is 0 Å². The predicted molar refractivity (Wildman–Crippen MR) is 108 cm³/mol. The Hall–Kier alpha value is -1.56. The third-order valence-electron chi connectivity index (χ3n) is 4.60. The van der Waals surface area contributed by atoms with E-state index in [0.29, 0.717) is 6.42 Å². The molecule has 0 amide bonds. The number of benzene rings is 1. The average molecular weight is 389 g/mol. The van der Waals surface area contributed by atoms with E-state index in [4.69, 9.17) is 9.84 Å². The van der Waals surface area contributed by atoms with Crippen molar-refractivity contribution < 1.29 is 14.6 Å². The summed E-state index contributed by atoms with van der Waals surface area (Å²) >= 11 is 3.55. The Bertz CT molecular complexity index is 740. The zero-order valence-electron chi connectivity index (χ0n) is 14.9. The molecule has 2 unspecified atom stereocenters. The molecule has 3 rings (SSSR count). The van der Waals surface area contributed by atoms with E-state index < -0.39 is 5.60 Å². The molecule has 1 aliphatic heterocycles. The summed E-state index contributed by atoms with van der Waals surface area (Å²) in [5.74, 6) is 1.75. The fourth-order valence-electron chi connectivity index (χ4n) is 3.04. The Morgan fingerprint density at radius 2 is 2.04 bits per heavy atom. The summed E-state index contributed by atoms with van der Waals surface area (Å²) in [5.41, 5.74) is 1.24. The first-order valence-electron chi connectivity index (χ1n) is 8.87. The van der Waals surface area contributed by atoms with E-state index in [9.17, 15) is 4.79 Å². The molecule has 26 heavy (non-hydrogen) atoms. The minimum absolute atomic E-state index is 0.00745. The Morgan fingerprint density at radius 1 is 1.23 bits per heavy atom. The molecule has 0 fully saturated rings. The van der Waals surface area contributed by atoms with Crippen LogP contribution in [0.25, 0.3) is 0 Å². The first-order chi connectivity index (χ1) is 12.6. The summed E-state index contributed by atoms with van der Waals surface area (Å²) < 4.78 is 6.16. The molecule has 0 spiro atoms. The van der Waals surface area contributed by atoms with Crippen molar-refractivity contribution in [3.8, 4) is 0 Å². The van der Waals surface area contributed by atoms with Crippen LogP contribution in [-0.4, -0.2) is 23.2 Å². The van der Waals surface area contributed by atoms with Gasteiger partial charge < -0.3 is 9.84 Å². The number of carbonyl (C=O) groups is 1. The summed E-state index contributed by atoms with van der Waals surface area (Å²) in [6.07, 6.45) is 4.19. The van der Waals surface area contributed by atoms with Gasteiger partial charge in [0.25, 0.3) is 0 Å². The number of aliphatic hydroxyl groups excluding tert-OH is 1. The molecule has 2 aromatic rings. The van der Waals surface area contributed by atoms with Crippen molar-refractivity contribution >= 4 is 28.9 Å². The second-order valence-electron chi connectivity index (χ2n) is 6.53. The van der Waals surface area contributed by atoms with E-state index in [1.807, 2.05) is 49.0 Å². The predicted octanol–water partition coefficient (Wildman–Crippen LogP) is 5.08. The first kappa shape index (κ1) is 19.2. The lowest BCUT2D eigenvalue weighted by molar-refractivity contribution is -0.129. The third kappa shape index (κ3) is 4.40. The first-order valence-corrected chi connectivity index (χ1v) is 10.9. The van der Waals surface area contributed by atoms with Gasteiger partial charge in [-0.05, 0) is 47.9 Å². The van der Waals surface area contributed by atoms with Gasteiger partial charge in [0.05, 0.1) is 0 Å². The van der Waals surface area contributed by atoms with Crippen LogP contribution < -0.4 is 0 Å². The number of ketones is 1. The molecule has 0 saturated carbocycles. The lowest BCUT2D eigenvalue weighted by Crippen LogP contribution is -2.29. The van der Waals surface area contributed by atoms with Crippen molar-refractivity contribution in [3.63, 3.8) is 0 Å². The number of ether oxygens (including phenoxy) is 1. The fraction of sp³-hybridized carbons (Fsp3) is 0.381. The summed E-state index contributed by atoms with van der Waals surface area (Å²) in [4.78, 5) is 12.6. The van der Waals surface area contributed by atoms with Crippen LogP contribution in [0.5, 0.6) is 0 Å². The molecule has 0 bridgehead atoms. The van der Waals surface area contributed by atoms with Crippen LogP contribution >= 0.6 is 23.1 Å². The standard InChI is InChI=1S/C21H24O3S2/c1-21(17-7-3-2-4-8-17)20(23)14-18(24-21)13-19(16-9-12-25-15-16)26-11-6-5-10-22/h2-4,7-9,12,14-15,19,22H,5-6,10-11,13H2,1H3. The maximum atomic E-state index is 12.6. The number of thiophene rings is 1. The van der Waals surface area contributed by atoms with Crippen LogP contribution in [0.3, 0.4) is 0 Å². The van der Waals surface area contributed by atoms with Gasteiger partial charge in [-0.25, -0.2) is 0 Å². The molecule has 0 radical (unpaired) electrons. The minimum atomic E-state index is -0.919. The molecule has 5 heteroatoms. The van der Waals surface area contributed by atoms with Crippen LogP contribution in [0.2, 0.25) is 0 Å². The molecule has 1 aromatic carbocycles. The average Bonchev–Trinajstić information content (AvgIpc) is 3.28. The van der Waals surface area contributed by atoms with E-state index in [1.54, 1.807) is 17.4 Å². The topological polar surface area (TPSA) is 46.5 Å². The highest BCUT2D eigenvalue weighted by molar-refractivity contribution is 7.99. The van der Waals surface area contributed by atoms with Crippen molar-refractivity contribution in [1.29, 1.82) is 0 Å². The van der Waals surface area contributed by atoms with E-state index in [1.165, 1.54) is 5.56 Å². The second kappa shape index (κ2) is 8.89. The van der Waals surface area contributed by atoms with Crippen LogP contribution in [0.1, 0.15) is 42.6 Å². The molecular weight excluding hydrogens is 364 g/mol. The Labute approximate surface area is 163 Å². The lowest BCUT2D eigenvalue weighted by atomic mass is 9.92. The van der Waals surface area contributed by atoms with Crippen LogP contribution in [-0.2, 0) is 15.1 Å². The molecule has 1 aromatic heterocycles. The van der Waals surface area contributed by atoms with Crippen molar-refractivity contribution in [2.75, 3.05) is 12.4 Å². The normalized spacial score (nSPS) is 20.7. The largest absolute Gasteiger partial charge is 0.479 e. The van der Waals surface area contributed by atoms with Gasteiger partial charge in [-0.1, -0.05) is 30.3 Å². The van der Waals surface area contributed by atoms with Gasteiger partial charge in [0.1, 0.15) is 5.76 Å². The molecule has 1 aliphatic rings. The maximum Gasteiger partial charge on any atom is 0.206 e. The lowest BCUT2D eigenvalue weighted by Gasteiger charge is -2.25. The van der Waals surface area contributed by atoms with E-state index in [0.717, 1.165) is 29.9 Å². The number of thioether (sulfide) groups is 1. The number of allylic oxidation sites excluding steroid dienone is 1. The van der Waals surface area contributed by atoms with Crippen LogP contribution in [0, 0.1) is 0 Å². The van der Waals surface area contributed by atoms with Crippen LogP contribution in [0.15, 0.2) is 59.0 Å². The van der Waals surface area contributed by atoms with Gasteiger partial charge in [-0.2, -0.15) is 23.1 Å². The summed E-state index contributed by atoms with van der Waals surface area (Å²) in [7, 11) is 0. The Morgan fingerprint density at radius 3 is 2.73 bits per heavy atom. The fourth-order valence-corrected chi connectivity index (χ4v) is 5.11. The number of rotatable bonds is 9. The van der Waals surface area contributed by atoms with Gasteiger partial charge in [0.15, 0.2) is 5.60 Å². The number of carbonyl (C=O) groups excluding carboxylic acids is 1. The SMILES string of the molecule is CC1(c2ccccc2)OC(CC(SCCCCO)c2ccsc2)=CC1=O. The third-order valence-corrected chi connectivity index (χ3v) is 6.66. The van der Waals surface area contributed by atoms with Crippen molar-refractivity contribution in [3.05, 3.63) is 70.1 Å². The zero-order valence-corrected chi connectivity index (χ0v) is 16.5. The van der Waals surface area contributed by atoms with Gasteiger partial charge in [-0.3, -0.25) is 4.79 Å².